The third-order valence-corrected chi connectivity index (χ3v) is 2.61. The van der Waals surface area contributed by atoms with Crippen molar-refractivity contribution >= 4 is 6.09 Å². The van der Waals surface area contributed by atoms with E-state index in [9.17, 15) is 9.90 Å². The minimum absolute atomic E-state index is 0.171. The first-order chi connectivity index (χ1) is 7.35. The number of carbonyl (C=O) groups is 1. The second-order valence-corrected chi connectivity index (χ2v) is 5.19. The summed E-state index contributed by atoms with van der Waals surface area (Å²) in [6.07, 6.45) is 0.663. The van der Waals surface area contributed by atoms with E-state index in [1.165, 1.54) is 0 Å². The van der Waals surface area contributed by atoms with E-state index in [4.69, 9.17) is 10.5 Å². The van der Waals surface area contributed by atoms with E-state index < -0.39 is 11.7 Å². The van der Waals surface area contributed by atoms with Gasteiger partial charge in [-0.3, -0.25) is 0 Å². The summed E-state index contributed by atoms with van der Waals surface area (Å²) >= 11 is 0. The standard InChI is InChI=1S/C11H22N2O3/c1-11(2,3)16-10(15)13-6-4-5-8(13)9(14)7-12/h8-9,14H,4-7,12H2,1-3H3/t8-,9-/m1/s1. The minimum Gasteiger partial charge on any atom is -0.444 e. The van der Waals surface area contributed by atoms with Crippen LogP contribution in [0.5, 0.6) is 0 Å². The summed E-state index contributed by atoms with van der Waals surface area (Å²) in [5.74, 6) is 0. The number of aliphatic hydroxyl groups excluding tert-OH is 1. The van der Waals surface area contributed by atoms with Crippen molar-refractivity contribution in [2.45, 2.75) is 51.4 Å². The van der Waals surface area contributed by atoms with Crippen LogP contribution in [0, 0.1) is 0 Å². The first-order valence-corrected chi connectivity index (χ1v) is 5.73. The lowest BCUT2D eigenvalue weighted by molar-refractivity contribution is 0.00671. The molecule has 94 valence electrons. The molecule has 0 aliphatic carbocycles. The van der Waals surface area contributed by atoms with Crippen LogP contribution in [-0.2, 0) is 4.74 Å². The minimum atomic E-state index is -0.657. The van der Waals surface area contributed by atoms with E-state index in [-0.39, 0.29) is 18.7 Å². The summed E-state index contributed by atoms with van der Waals surface area (Å²) in [4.78, 5) is 13.4. The van der Waals surface area contributed by atoms with Gasteiger partial charge in [-0.05, 0) is 33.6 Å². The molecular weight excluding hydrogens is 208 g/mol. The van der Waals surface area contributed by atoms with Gasteiger partial charge in [-0.25, -0.2) is 4.79 Å². The first-order valence-electron chi connectivity index (χ1n) is 5.73. The lowest BCUT2D eigenvalue weighted by atomic mass is 10.1. The molecule has 16 heavy (non-hydrogen) atoms. The van der Waals surface area contributed by atoms with Crippen molar-refractivity contribution in [3.05, 3.63) is 0 Å². The number of nitrogens with zero attached hydrogens (tertiary/aromatic N) is 1. The number of hydrogen-bond donors (Lipinski definition) is 2. The summed E-state index contributed by atoms with van der Waals surface area (Å²) in [6.45, 7) is 6.29. The Morgan fingerprint density at radius 1 is 1.62 bits per heavy atom. The van der Waals surface area contributed by atoms with Gasteiger partial charge in [0.25, 0.3) is 0 Å². The Hall–Kier alpha value is -0.810. The van der Waals surface area contributed by atoms with Gasteiger partial charge in [0, 0.05) is 13.1 Å². The normalized spacial score (nSPS) is 23.3. The van der Waals surface area contributed by atoms with E-state index in [0.29, 0.717) is 6.54 Å². The van der Waals surface area contributed by atoms with Gasteiger partial charge in [0.1, 0.15) is 5.60 Å². The molecule has 0 unspecified atom stereocenters. The van der Waals surface area contributed by atoms with Gasteiger partial charge in [-0.15, -0.1) is 0 Å². The molecule has 1 aliphatic heterocycles. The van der Waals surface area contributed by atoms with Gasteiger partial charge in [0.15, 0.2) is 0 Å². The quantitative estimate of drug-likeness (QED) is 0.732. The second kappa shape index (κ2) is 5.01. The maximum absolute atomic E-state index is 11.8. The van der Waals surface area contributed by atoms with Crippen LogP contribution in [0.2, 0.25) is 0 Å². The highest BCUT2D eigenvalue weighted by Crippen LogP contribution is 2.22. The van der Waals surface area contributed by atoms with Crippen molar-refractivity contribution in [1.29, 1.82) is 0 Å². The molecular formula is C11H22N2O3. The number of amides is 1. The third kappa shape index (κ3) is 3.35. The van der Waals surface area contributed by atoms with Gasteiger partial charge in [-0.1, -0.05) is 0 Å². The van der Waals surface area contributed by atoms with Crippen molar-refractivity contribution in [2.24, 2.45) is 5.73 Å². The molecule has 0 radical (unpaired) electrons. The number of rotatable bonds is 2. The fraction of sp³-hybridized carbons (Fsp3) is 0.909. The molecule has 0 aromatic heterocycles. The molecule has 0 bridgehead atoms. The number of carbonyl (C=O) groups excluding carboxylic acids is 1. The van der Waals surface area contributed by atoms with Crippen LogP contribution in [0.4, 0.5) is 4.79 Å². The maximum Gasteiger partial charge on any atom is 0.410 e. The monoisotopic (exact) mass is 230 g/mol. The predicted molar refractivity (Wildman–Crippen MR) is 61.0 cm³/mol. The SMILES string of the molecule is CC(C)(C)OC(=O)N1CCC[C@@H]1[C@H](O)CN. The molecule has 5 nitrogen and oxygen atoms in total. The zero-order valence-corrected chi connectivity index (χ0v) is 10.3. The van der Waals surface area contributed by atoms with Crippen LogP contribution >= 0.6 is 0 Å². The van der Waals surface area contributed by atoms with Crippen molar-refractivity contribution in [1.82, 2.24) is 4.90 Å². The maximum atomic E-state index is 11.8. The van der Waals surface area contributed by atoms with Crippen LogP contribution in [0.1, 0.15) is 33.6 Å². The summed E-state index contributed by atoms with van der Waals surface area (Å²) in [5, 5.41) is 9.70. The van der Waals surface area contributed by atoms with Crippen molar-refractivity contribution < 1.29 is 14.6 Å². The van der Waals surface area contributed by atoms with Gasteiger partial charge < -0.3 is 20.5 Å². The molecule has 1 fully saturated rings. The highest BCUT2D eigenvalue weighted by Gasteiger charge is 2.35. The highest BCUT2D eigenvalue weighted by molar-refractivity contribution is 5.69. The summed E-state index contributed by atoms with van der Waals surface area (Å²) in [7, 11) is 0. The molecule has 0 aromatic rings. The van der Waals surface area contributed by atoms with E-state index in [2.05, 4.69) is 0 Å². The molecule has 0 spiro atoms. The molecule has 1 heterocycles. The zero-order chi connectivity index (χ0) is 12.3. The first kappa shape index (κ1) is 13.3. The fourth-order valence-corrected chi connectivity index (χ4v) is 1.90. The van der Waals surface area contributed by atoms with Gasteiger partial charge in [0.05, 0.1) is 12.1 Å². The smallest absolute Gasteiger partial charge is 0.410 e. The molecule has 2 atom stereocenters. The summed E-state index contributed by atoms with van der Waals surface area (Å²) in [5.41, 5.74) is 4.91. The average molecular weight is 230 g/mol. The second-order valence-electron chi connectivity index (χ2n) is 5.19. The van der Waals surface area contributed by atoms with Crippen molar-refractivity contribution in [3.8, 4) is 0 Å². The van der Waals surface area contributed by atoms with Crippen LogP contribution < -0.4 is 5.73 Å². The van der Waals surface area contributed by atoms with Crippen LogP contribution in [0.15, 0.2) is 0 Å². The molecule has 1 rings (SSSR count). The predicted octanol–water partition coefficient (Wildman–Crippen LogP) is 0.706. The van der Waals surface area contributed by atoms with Gasteiger partial charge in [-0.2, -0.15) is 0 Å². The van der Waals surface area contributed by atoms with Crippen molar-refractivity contribution in [3.63, 3.8) is 0 Å². The number of hydrogen-bond acceptors (Lipinski definition) is 4. The van der Waals surface area contributed by atoms with E-state index in [1.54, 1.807) is 4.90 Å². The largest absolute Gasteiger partial charge is 0.444 e. The number of aliphatic hydroxyl groups is 1. The number of ether oxygens (including phenoxy) is 1. The van der Waals surface area contributed by atoms with Crippen molar-refractivity contribution in [2.75, 3.05) is 13.1 Å². The summed E-state index contributed by atoms with van der Waals surface area (Å²) < 4.78 is 5.28. The third-order valence-electron chi connectivity index (χ3n) is 2.61. The molecule has 5 heteroatoms. The highest BCUT2D eigenvalue weighted by atomic mass is 16.6. The molecule has 1 amide bonds. The fourth-order valence-electron chi connectivity index (χ4n) is 1.90. The van der Waals surface area contributed by atoms with Crippen LogP contribution in [-0.4, -0.2) is 46.9 Å². The molecule has 1 aliphatic rings. The Morgan fingerprint density at radius 2 is 2.25 bits per heavy atom. The van der Waals surface area contributed by atoms with Crippen LogP contribution in [0.3, 0.4) is 0 Å². The van der Waals surface area contributed by atoms with E-state index in [1.807, 2.05) is 20.8 Å². The van der Waals surface area contributed by atoms with Gasteiger partial charge >= 0.3 is 6.09 Å². The average Bonchev–Trinajstić information content (AvgIpc) is 2.62. The molecule has 0 aromatic carbocycles. The van der Waals surface area contributed by atoms with Crippen LogP contribution in [0.25, 0.3) is 0 Å². The summed E-state index contributed by atoms with van der Waals surface area (Å²) in [6, 6.07) is -0.195. The molecule has 3 N–H and O–H groups in total. The Morgan fingerprint density at radius 3 is 2.75 bits per heavy atom. The van der Waals surface area contributed by atoms with Gasteiger partial charge in [0.2, 0.25) is 0 Å². The van der Waals surface area contributed by atoms with E-state index >= 15 is 0 Å². The lowest BCUT2D eigenvalue weighted by Crippen LogP contribution is -2.47. The number of likely N-dealkylation sites (tertiary alicyclic amines) is 1. The Kier molecular flexibility index (Phi) is 4.15. The number of nitrogens with two attached hydrogens (primary N) is 1. The Bertz CT molecular complexity index is 250. The topological polar surface area (TPSA) is 75.8 Å². The lowest BCUT2D eigenvalue weighted by Gasteiger charge is -2.30. The zero-order valence-electron chi connectivity index (χ0n) is 10.3. The Labute approximate surface area is 96.6 Å². The Balaban J connectivity index is 2.61. The molecule has 1 saturated heterocycles. The molecule has 0 saturated carbocycles. The van der Waals surface area contributed by atoms with E-state index in [0.717, 1.165) is 12.8 Å².